The number of nitrogens with zero attached hydrogens (tertiary/aromatic N) is 1. The predicted molar refractivity (Wildman–Crippen MR) is 152 cm³/mol. The molecule has 1 unspecified atom stereocenters. The molecule has 1 fully saturated rings. The minimum absolute atomic E-state index is 0.0865. The quantitative estimate of drug-likeness (QED) is 0.345. The first-order chi connectivity index (χ1) is 19.0. The number of amides is 2. The van der Waals surface area contributed by atoms with E-state index in [-0.39, 0.29) is 36.3 Å². The van der Waals surface area contributed by atoms with Gasteiger partial charge < -0.3 is 15.4 Å². The lowest BCUT2D eigenvalue weighted by molar-refractivity contribution is -0.133. The van der Waals surface area contributed by atoms with Crippen molar-refractivity contribution in [2.24, 2.45) is 0 Å². The zero-order chi connectivity index (χ0) is 27.4. The molecule has 2 aliphatic rings. The van der Waals surface area contributed by atoms with Crippen LogP contribution >= 0.6 is 0 Å². The lowest BCUT2D eigenvalue weighted by Crippen LogP contribution is -2.61. The summed E-state index contributed by atoms with van der Waals surface area (Å²) in [5.74, 6) is 0.654. The number of hydrogen-bond acceptors (Lipinski definition) is 4. The topological polar surface area (TPSA) is 94.5 Å². The molecule has 0 aliphatic carbocycles. The lowest BCUT2D eigenvalue weighted by atomic mass is 9.81. The summed E-state index contributed by atoms with van der Waals surface area (Å²) in [5, 5.41) is 15.5. The van der Waals surface area contributed by atoms with Crippen LogP contribution in [0.4, 0.5) is 0 Å². The standard InChI is InChI=1S/C32H36N4O3/c1-3-11-27(36-29(37)21-32(4-2,35-31(36)33)24-14-6-5-7-15-24)22-12-10-13-23(20-22)30(38)34-26-18-19-39-28-17-9-8-16-25(26)28/h5-10,12-17,20,26-27H,3-4,11,18-19,21H2,1-2H3,(H2,33,35)(H,34,38)/t26-,27?,32+/m0/s1. The van der Waals surface area contributed by atoms with Crippen LogP contribution in [-0.4, -0.2) is 29.3 Å². The van der Waals surface area contributed by atoms with Crippen molar-refractivity contribution < 1.29 is 14.3 Å². The third-order valence-electron chi connectivity index (χ3n) is 7.92. The van der Waals surface area contributed by atoms with Gasteiger partial charge in [-0.15, -0.1) is 0 Å². The van der Waals surface area contributed by atoms with E-state index in [1.54, 1.807) is 11.0 Å². The summed E-state index contributed by atoms with van der Waals surface area (Å²) < 4.78 is 5.74. The Balaban J connectivity index is 1.38. The van der Waals surface area contributed by atoms with Gasteiger partial charge >= 0.3 is 0 Å². The Morgan fingerprint density at radius 3 is 2.62 bits per heavy atom. The third kappa shape index (κ3) is 5.26. The molecule has 202 valence electrons. The highest BCUT2D eigenvalue weighted by atomic mass is 16.5. The van der Waals surface area contributed by atoms with E-state index in [4.69, 9.17) is 10.1 Å². The predicted octanol–water partition coefficient (Wildman–Crippen LogP) is 5.84. The van der Waals surface area contributed by atoms with Crippen LogP contribution in [0, 0.1) is 5.41 Å². The second-order valence-electron chi connectivity index (χ2n) is 10.3. The fraction of sp³-hybridized carbons (Fsp3) is 0.344. The maximum absolute atomic E-state index is 13.7. The molecule has 0 spiro atoms. The Labute approximate surface area is 230 Å². The first-order valence-electron chi connectivity index (χ1n) is 13.8. The van der Waals surface area contributed by atoms with Gasteiger partial charge in [0.15, 0.2) is 5.96 Å². The highest BCUT2D eigenvalue weighted by Gasteiger charge is 2.44. The largest absolute Gasteiger partial charge is 0.493 e. The van der Waals surface area contributed by atoms with Crippen LogP contribution in [0.1, 0.15) is 85.1 Å². The van der Waals surface area contributed by atoms with E-state index in [9.17, 15) is 9.59 Å². The van der Waals surface area contributed by atoms with Crippen molar-refractivity contribution in [2.75, 3.05) is 6.61 Å². The zero-order valence-corrected chi connectivity index (χ0v) is 22.6. The van der Waals surface area contributed by atoms with Crippen molar-refractivity contribution in [1.29, 1.82) is 5.41 Å². The van der Waals surface area contributed by atoms with Crippen LogP contribution in [0.5, 0.6) is 5.75 Å². The molecule has 3 aromatic rings. The van der Waals surface area contributed by atoms with Gasteiger partial charge in [0.2, 0.25) is 5.91 Å². The molecule has 0 bridgehead atoms. The summed E-state index contributed by atoms with van der Waals surface area (Å²) in [6.07, 6.45) is 3.15. The Morgan fingerprint density at radius 1 is 1.10 bits per heavy atom. The van der Waals surface area contributed by atoms with E-state index >= 15 is 0 Å². The molecule has 7 nitrogen and oxygen atoms in total. The average molecular weight is 525 g/mol. The van der Waals surface area contributed by atoms with Gasteiger partial charge in [-0.3, -0.25) is 19.9 Å². The molecule has 2 amide bonds. The maximum atomic E-state index is 13.7. The highest BCUT2D eigenvalue weighted by molar-refractivity contribution is 6.00. The molecular weight excluding hydrogens is 488 g/mol. The third-order valence-corrected chi connectivity index (χ3v) is 7.92. The van der Waals surface area contributed by atoms with Crippen LogP contribution in [0.3, 0.4) is 0 Å². The molecule has 2 aliphatic heterocycles. The van der Waals surface area contributed by atoms with Gasteiger partial charge in [-0.05, 0) is 42.2 Å². The second kappa shape index (κ2) is 11.3. The van der Waals surface area contributed by atoms with Crippen molar-refractivity contribution in [3.8, 4) is 5.75 Å². The van der Waals surface area contributed by atoms with E-state index in [2.05, 4.69) is 17.6 Å². The van der Waals surface area contributed by atoms with Crippen molar-refractivity contribution in [3.63, 3.8) is 0 Å². The smallest absolute Gasteiger partial charge is 0.251 e. The Kier molecular flexibility index (Phi) is 7.68. The molecule has 2 heterocycles. The molecule has 5 rings (SSSR count). The Morgan fingerprint density at radius 2 is 1.87 bits per heavy atom. The van der Waals surface area contributed by atoms with Gasteiger partial charge in [0.1, 0.15) is 5.75 Å². The number of ether oxygens (including phenoxy) is 1. The van der Waals surface area contributed by atoms with Crippen LogP contribution in [0.25, 0.3) is 0 Å². The van der Waals surface area contributed by atoms with Crippen LogP contribution in [0.2, 0.25) is 0 Å². The summed E-state index contributed by atoms with van der Waals surface area (Å²) in [5.41, 5.74) is 2.76. The number of fused-ring (bicyclic) bond motifs is 1. The summed E-state index contributed by atoms with van der Waals surface area (Å²) >= 11 is 0. The molecule has 3 N–H and O–H groups in total. The van der Waals surface area contributed by atoms with E-state index in [1.165, 1.54) is 0 Å². The van der Waals surface area contributed by atoms with E-state index in [0.717, 1.165) is 28.9 Å². The van der Waals surface area contributed by atoms with Crippen LogP contribution < -0.4 is 15.4 Å². The van der Waals surface area contributed by atoms with Crippen LogP contribution in [0.15, 0.2) is 78.9 Å². The van der Waals surface area contributed by atoms with E-state index in [1.807, 2.05) is 79.7 Å². The molecule has 1 saturated heterocycles. The summed E-state index contributed by atoms with van der Waals surface area (Å²) in [6.45, 7) is 4.66. The average Bonchev–Trinajstić information content (AvgIpc) is 2.97. The number of guanidine groups is 1. The van der Waals surface area contributed by atoms with Gasteiger partial charge in [-0.1, -0.05) is 80.9 Å². The molecule has 0 saturated carbocycles. The molecule has 3 aromatic carbocycles. The Hall–Kier alpha value is -4.13. The van der Waals surface area contributed by atoms with E-state index in [0.29, 0.717) is 31.4 Å². The number of nitrogens with one attached hydrogen (secondary N) is 3. The van der Waals surface area contributed by atoms with Gasteiger partial charge in [-0.2, -0.15) is 0 Å². The van der Waals surface area contributed by atoms with Crippen molar-refractivity contribution >= 4 is 17.8 Å². The van der Waals surface area contributed by atoms with Crippen molar-refractivity contribution in [3.05, 3.63) is 101 Å². The number of para-hydroxylation sites is 1. The zero-order valence-electron chi connectivity index (χ0n) is 22.6. The molecule has 3 atom stereocenters. The minimum atomic E-state index is -0.607. The Bertz CT molecular complexity index is 1340. The number of benzene rings is 3. The summed E-state index contributed by atoms with van der Waals surface area (Å²) in [7, 11) is 0. The number of carbonyl (C=O) groups excluding carboxylic acids is 2. The summed E-state index contributed by atoms with van der Waals surface area (Å²) in [6, 6.07) is 24.7. The maximum Gasteiger partial charge on any atom is 0.251 e. The molecule has 0 aromatic heterocycles. The highest BCUT2D eigenvalue weighted by Crippen LogP contribution is 2.37. The number of hydrogen-bond donors (Lipinski definition) is 3. The van der Waals surface area contributed by atoms with Gasteiger partial charge in [0.05, 0.1) is 30.7 Å². The van der Waals surface area contributed by atoms with Crippen LogP contribution in [-0.2, 0) is 10.3 Å². The number of carbonyl (C=O) groups is 2. The fourth-order valence-corrected chi connectivity index (χ4v) is 5.82. The minimum Gasteiger partial charge on any atom is -0.493 e. The van der Waals surface area contributed by atoms with Crippen molar-refractivity contribution in [1.82, 2.24) is 15.5 Å². The van der Waals surface area contributed by atoms with Gasteiger partial charge in [0, 0.05) is 17.5 Å². The molecule has 7 heteroatoms. The molecule has 39 heavy (non-hydrogen) atoms. The normalized spacial score (nSPS) is 21.4. The first kappa shape index (κ1) is 26.5. The van der Waals surface area contributed by atoms with E-state index < -0.39 is 5.54 Å². The summed E-state index contributed by atoms with van der Waals surface area (Å²) in [4.78, 5) is 28.6. The number of rotatable bonds is 8. The monoisotopic (exact) mass is 524 g/mol. The van der Waals surface area contributed by atoms with Gasteiger partial charge in [0.25, 0.3) is 5.91 Å². The fourth-order valence-electron chi connectivity index (χ4n) is 5.82. The first-order valence-corrected chi connectivity index (χ1v) is 13.8. The molecular formula is C32H36N4O3. The SMILES string of the molecule is CCCC(c1cccc(C(=O)N[C@H]2CCOc3ccccc32)c1)N1C(=N)N[C@@](CC)(c2ccccc2)CC1=O. The lowest BCUT2D eigenvalue weighted by Gasteiger charge is -2.45. The van der Waals surface area contributed by atoms with Crippen molar-refractivity contribution in [2.45, 2.75) is 63.6 Å². The molecule has 0 radical (unpaired) electrons. The second-order valence-corrected chi connectivity index (χ2v) is 10.3. The van der Waals surface area contributed by atoms with Gasteiger partial charge in [-0.25, -0.2) is 0 Å².